The van der Waals surface area contributed by atoms with E-state index >= 15 is 4.39 Å². The monoisotopic (exact) mass is 473 g/mol. The molecule has 0 bridgehead atoms. The van der Waals surface area contributed by atoms with Gasteiger partial charge in [-0.1, -0.05) is 84.3 Å². The fraction of sp³-hybridized carbons (Fsp3) is 0.167. The first kappa shape index (κ1) is 23.8. The molecule has 8 heteroatoms. The van der Waals surface area contributed by atoms with Gasteiger partial charge in [0.25, 0.3) is 20.0 Å². The van der Waals surface area contributed by atoms with Gasteiger partial charge >= 0.3 is 0 Å². The molecule has 5 nitrogen and oxygen atoms in total. The first-order valence-corrected chi connectivity index (χ1v) is 12.9. The number of halogens is 1. The van der Waals surface area contributed by atoms with Crippen LogP contribution in [0, 0.1) is 5.92 Å². The van der Waals surface area contributed by atoms with E-state index in [4.69, 9.17) is 0 Å². The number of allylic oxidation sites excluding steroid dienone is 1. The van der Waals surface area contributed by atoms with Crippen molar-refractivity contribution in [2.45, 2.75) is 23.6 Å². The topological polar surface area (TPSA) is 71.5 Å². The van der Waals surface area contributed by atoms with Gasteiger partial charge in [-0.2, -0.15) is 0 Å². The molecule has 0 unspecified atom stereocenters. The highest BCUT2D eigenvalue weighted by molar-refractivity contribution is 8.04. The highest BCUT2D eigenvalue weighted by atomic mass is 32.3. The smallest absolute Gasteiger partial charge is 0.210 e. The molecule has 0 aliphatic carbocycles. The summed E-state index contributed by atoms with van der Waals surface area (Å²) in [5, 5.41) is 0. The fourth-order valence-corrected chi connectivity index (χ4v) is 6.93. The molecule has 3 aromatic carbocycles. The van der Waals surface area contributed by atoms with Crippen molar-refractivity contribution in [3.63, 3.8) is 0 Å². The van der Waals surface area contributed by atoms with Crippen molar-refractivity contribution in [3.05, 3.63) is 102 Å². The van der Waals surface area contributed by atoms with Crippen molar-refractivity contribution in [2.24, 2.45) is 5.92 Å². The molecule has 0 saturated heterocycles. The second-order valence-electron chi connectivity index (χ2n) is 7.41. The molecule has 0 aliphatic heterocycles. The van der Waals surface area contributed by atoms with Crippen molar-refractivity contribution < 1.29 is 21.2 Å². The Morgan fingerprint density at radius 3 is 1.47 bits per heavy atom. The largest absolute Gasteiger partial charge is 0.256 e. The number of rotatable bonds is 8. The van der Waals surface area contributed by atoms with Gasteiger partial charge in [0, 0.05) is 0 Å². The van der Waals surface area contributed by atoms with Gasteiger partial charge in [-0.05, 0) is 41.3 Å². The molecule has 0 fully saturated rings. The Hall–Kier alpha value is -2.81. The van der Waals surface area contributed by atoms with Crippen LogP contribution in [0.5, 0.6) is 0 Å². The van der Waals surface area contributed by atoms with E-state index in [1.807, 2.05) is 0 Å². The van der Waals surface area contributed by atoms with Gasteiger partial charge < -0.3 is 0 Å². The molecule has 0 aromatic heterocycles. The molecule has 0 amide bonds. The van der Waals surface area contributed by atoms with Crippen molar-refractivity contribution in [1.82, 2.24) is 3.71 Å². The molecule has 0 atom stereocenters. The van der Waals surface area contributed by atoms with E-state index in [-0.39, 0.29) is 25.0 Å². The summed E-state index contributed by atoms with van der Waals surface area (Å²) in [5.41, 5.74) is 0.816. The molecule has 0 N–H and O–H groups in total. The molecule has 3 aromatic rings. The molecule has 3 rings (SSSR count). The lowest BCUT2D eigenvalue weighted by atomic mass is 9.94. The summed E-state index contributed by atoms with van der Waals surface area (Å²) < 4.78 is 69.4. The molecule has 168 valence electrons. The average molecular weight is 474 g/mol. The summed E-state index contributed by atoms with van der Waals surface area (Å²) in [6, 6.07) is 23.0. The Labute approximate surface area is 188 Å². The van der Waals surface area contributed by atoms with Gasteiger partial charge in [0.2, 0.25) is 0 Å². The van der Waals surface area contributed by atoms with E-state index in [0.29, 0.717) is 5.56 Å². The second kappa shape index (κ2) is 9.77. The number of nitrogens with zero attached hydrogens (tertiary/aromatic N) is 1. The maximum Gasteiger partial charge on any atom is 0.256 e. The standard InChI is InChI=1S/C24H24FNO4S2/c1-19(2)24(20-12-6-3-7-13-20)23(25)18-26(31(27,28)21-14-8-4-9-15-21)32(29,30)22-16-10-5-11-17-22/h3-17,19H,18H2,1-2H3. The van der Waals surface area contributed by atoms with Crippen LogP contribution in [0.4, 0.5) is 4.39 Å². The average Bonchev–Trinajstić information content (AvgIpc) is 2.79. The van der Waals surface area contributed by atoms with Gasteiger partial charge in [0.15, 0.2) is 0 Å². The van der Waals surface area contributed by atoms with Crippen LogP contribution in [-0.2, 0) is 20.0 Å². The summed E-state index contributed by atoms with van der Waals surface area (Å²) in [5.74, 6) is -1.14. The van der Waals surface area contributed by atoms with Crippen LogP contribution in [-0.4, -0.2) is 27.1 Å². The lowest BCUT2D eigenvalue weighted by Crippen LogP contribution is -2.38. The summed E-state index contributed by atoms with van der Waals surface area (Å²) >= 11 is 0. The van der Waals surface area contributed by atoms with Crippen LogP contribution >= 0.6 is 0 Å². The lowest BCUT2D eigenvalue weighted by molar-refractivity contribution is 0.480. The molecule has 0 heterocycles. The maximum atomic E-state index is 15.7. The van der Waals surface area contributed by atoms with E-state index in [0.717, 1.165) is 0 Å². The molecular weight excluding hydrogens is 449 g/mol. The van der Waals surface area contributed by atoms with Crippen LogP contribution < -0.4 is 0 Å². The third-order valence-corrected chi connectivity index (χ3v) is 9.08. The number of sulfonamides is 2. The van der Waals surface area contributed by atoms with Gasteiger partial charge in [-0.25, -0.2) is 21.2 Å². The molecule has 0 saturated carbocycles. The lowest BCUT2D eigenvalue weighted by Gasteiger charge is -2.23. The van der Waals surface area contributed by atoms with E-state index in [1.54, 1.807) is 56.3 Å². The van der Waals surface area contributed by atoms with Crippen LogP contribution in [0.15, 0.2) is 107 Å². The zero-order chi connectivity index (χ0) is 23.4. The minimum Gasteiger partial charge on any atom is -0.210 e. The van der Waals surface area contributed by atoms with E-state index < -0.39 is 32.4 Å². The molecule has 0 aliphatic rings. The van der Waals surface area contributed by atoms with Crippen molar-refractivity contribution >= 4 is 25.6 Å². The van der Waals surface area contributed by atoms with E-state index in [1.165, 1.54) is 48.5 Å². The van der Waals surface area contributed by atoms with Crippen LogP contribution in [0.2, 0.25) is 0 Å². The van der Waals surface area contributed by atoms with E-state index in [2.05, 4.69) is 0 Å². The van der Waals surface area contributed by atoms with Crippen molar-refractivity contribution in [1.29, 1.82) is 0 Å². The Balaban J connectivity index is 2.20. The fourth-order valence-electron chi connectivity index (χ4n) is 3.34. The molecule has 32 heavy (non-hydrogen) atoms. The number of hydrogen-bond acceptors (Lipinski definition) is 4. The highest BCUT2D eigenvalue weighted by Crippen LogP contribution is 2.31. The predicted molar refractivity (Wildman–Crippen MR) is 123 cm³/mol. The molecule has 0 spiro atoms. The van der Waals surface area contributed by atoms with Gasteiger partial charge in [0.1, 0.15) is 5.83 Å². The minimum absolute atomic E-state index is 0.238. The molecular formula is C24H24FNO4S2. The van der Waals surface area contributed by atoms with Gasteiger partial charge in [-0.15, -0.1) is 0 Å². The Bertz CT molecular complexity index is 1220. The first-order chi connectivity index (χ1) is 15.2. The third kappa shape index (κ3) is 4.98. The SMILES string of the molecule is CC(C)C(=C(F)CN(S(=O)(=O)c1ccccc1)S(=O)(=O)c1ccccc1)c1ccccc1. The van der Waals surface area contributed by atoms with Crippen molar-refractivity contribution in [3.8, 4) is 0 Å². The molecule has 0 radical (unpaired) electrons. The first-order valence-electron chi connectivity index (χ1n) is 9.97. The van der Waals surface area contributed by atoms with Gasteiger partial charge in [0.05, 0.1) is 16.3 Å². The zero-order valence-electron chi connectivity index (χ0n) is 17.7. The van der Waals surface area contributed by atoms with Crippen LogP contribution in [0.3, 0.4) is 0 Å². The highest BCUT2D eigenvalue weighted by Gasteiger charge is 2.38. The van der Waals surface area contributed by atoms with Crippen molar-refractivity contribution in [2.75, 3.05) is 6.54 Å². The van der Waals surface area contributed by atoms with Gasteiger partial charge in [-0.3, -0.25) is 0 Å². The third-order valence-electron chi connectivity index (χ3n) is 4.84. The van der Waals surface area contributed by atoms with Crippen LogP contribution in [0.1, 0.15) is 19.4 Å². The maximum absolute atomic E-state index is 15.7. The summed E-state index contributed by atoms with van der Waals surface area (Å²) in [7, 11) is -9.14. The predicted octanol–water partition coefficient (Wildman–Crippen LogP) is 5.10. The quantitative estimate of drug-likeness (QED) is 0.456. The summed E-state index contributed by atoms with van der Waals surface area (Å²) in [4.78, 5) is -0.476. The van der Waals surface area contributed by atoms with E-state index in [9.17, 15) is 16.8 Å². The normalized spacial score (nSPS) is 13.3. The second-order valence-corrected chi connectivity index (χ2v) is 11.4. The Morgan fingerprint density at radius 2 is 1.09 bits per heavy atom. The Kier molecular flexibility index (Phi) is 7.28. The minimum atomic E-state index is -4.57. The summed E-state index contributed by atoms with van der Waals surface area (Å²) in [6.07, 6.45) is 0. The van der Waals surface area contributed by atoms with Crippen LogP contribution in [0.25, 0.3) is 5.57 Å². The summed E-state index contributed by atoms with van der Waals surface area (Å²) in [6.45, 7) is 2.59. The Morgan fingerprint density at radius 1 is 0.719 bits per heavy atom. The zero-order valence-corrected chi connectivity index (χ0v) is 19.4. The number of hydrogen-bond donors (Lipinski definition) is 0. The number of benzene rings is 3.